The van der Waals surface area contributed by atoms with Gasteiger partial charge in [-0.05, 0) is 12.1 Å². The molecule has 0 aliphatic heterocycles. The van der Waals surface area contributed by atoms with E-state index in [4.69, 9.17) is 18.0 Å². The molecule has 0 saturated carbocycles. The minimum Gasteiger partial charge on any atom is -0.353 e. The smallest absolute Gasteiger partial charge is 0.103 e. The first-order valence-electron chi connectivity index (χ1n) is 3.26. The molecule has 0 unspecified atom stereocenters. The van der Waals surface area contributed by atoms with Crippen LogP contribution in [0.2, 0.25) is 0 Å². The lowest BCUT2D eigenvalue weighted by Gasteiger charge is -1.76. The van der Waals surface area contributed by atoms with Gasteiger partial charge in [0, 0.05) is 18.5 Å². The predicted molar refractivity (Wildman–Crippen MR) is 61.8 cm³/mol. The van der Waals surface area contributed by atoms with Crippen molar-refractivity contribution < 1.29 is 0 Å². The second-order valence-electron chi connectivity index (χ2n) is 1.74. The van der Waals surface area contributed by atoms with Gasteiger partial charge >= 0.3 is 0 Å². The van der Waals surface area contributed by atoms with E-state index in [1.54, 1.807) is 0 Å². The number of pyridine rings is 1. The van der Waals surface area contributed by atoms with Crippen molar-refractivity contribution in [1.29, 1.82) is 0 Å². The molecule has 0 fully saturated rings. The fourth-order valence-electron chi connectivity index (χ4n) is 0.377. The highest BCUT2D eigenvalue weighted by atomic mass is 35.5. The molecule has 12 heavy (non-hydrogen) atoms. The number of aromatic nitrogens is 1. The average Bonchev–Trinajstić information content (AvgIpc) is 2.07. The summed E-state index contributed by atoms with van der Waals surface area (Å²) < 4.78 is 0.780. The molecule has 70 valence electrons. The van der Waals surface area contributed by atoms with E-state index in [9.17, 15) is 0 Å². The molecule has 1 rings (SSSR count). The normalized spacial score (nSPS) is 7.50. The topological polar surface area (TPSA) is 41.8 Å². The summed E-state index contributed by atoms with van der Waals surface area (Å²) in [7, 11) is 0. The van der Waals surface area contributed by atoms with Crippen molar-refractivity contribution in [2.45, 2.75) is 0 Å². The second-order valence-corrected chi connectivity index (χ2v) is 2.63. The SMILES string of the molecule is Cl.NCCS.S=c1cccc[nH]1. The number of aromatic amines is 1. The molecule has 5 heteroatoms. The van der Waals surface area contributed by atoms with Gasteiger partial charge in [-0.1, -0.05) is 18.3 Å². The van der Waals surface area contributed by atoms with Crippen LogP contribution in [-0.2, 0) is 0 Å². The van der Waals surface area contributed by atoms with Gasteiger partial charge in [0.2, 0.25) is 0 Å². The molecule has 0 atom stereocenters. The van der Waals surface area contributed by atoms with E-state index in [2.05, 4.69) is 17.6 Å². The Morgan fingerprint density at radius 2 is 2.08 bits per heavy atom. The molecule has 1 heterocycles. The van der Waals surface area contributed by atoms with E-state index in [-0.39, 0.29) is 12.4 Å². The van der Waals surface area contributed by atoms with Gasteiger partial charge in [0.1, 0.15) is 4.64 Å². The van der Waals surface area contributed by atoms with E-state index in [0.717, 1.165) is 10.4 Å². The summed E-state index contributed by atoms with van der Waals surface area (Å²) in [6.45, 7) is 0.684. The Labute approximate surface area is 89.4 Å². The standard InChI is InChI=1S/C5H5NS.C2H7NS.ClH/c7-5-3-1-2-4-6-5;3-1-2-4;/h1-4H,(H,6,7);4H,1-3H2;1H. The van der Waals surface area contributed by atoms with Crippen LogP contribution in [-0.4, -0.2) is 17.3 Å². The number of nitrogens with two attached hydrogens (primary N) is 1. The van der Waals surface area contributed by atoms with Crippen LogP contribution >= 0.6 is 37.3 Å². The first-order valence-corrected chi connectivity index (χ1v) is 4.30. The maximum absolute atomic E-state index is 4.95. The molecule has 0 saturated heterocycles. The van der Waals surface area contributed by atoms with Crippen LogP contribution in [0, 0.1) is 4.64 Å². The van der Waals surface area contributed by atoms with Gasteiger partial charge in [0.05, 0.1) is 0 Å². The summed E-state index contributed by atoms with van der Waals surface area (Å²) in [6, 6.07) is 5.64. The molecule has 1 aromatic rings. The number of rotatable bonds is 1. The molecule has 0 aliphatic carbocycles. The Kier molecular flexibility index (Phi) is 13.2. The maximum Gasteiger partial charge on any atom is 0.103 e. The van der Waals surface area contributed by atoms with E-state index in [1.807, 2.05) is 24.4 Å². The Hall–Kier alpha value is -0.0300. The lowest BCUT2D eigenvalue weighted by molar-refractivity contribution is 1.16. The zero-order valence-corrected chi connectivity index (χ0v) is 9.09. The minimum atomic E-state index is 0. The molecule has 3 N–H and O–H groups in total. The number of nitrogens with one attached hydrogen (secondary N) is 1. The van der Waals surface area contributed by atoms with Gasteiger partial charge in [0.25, 0.3) is 0 Å². The van der Waals surface area contributed by atoms with Crippen molar-refractivity contribution in [2.75, 3.05) is 12.3 Å². The third-order valence-electron chi connectivity index (χ3n) is 0.810. The van der Waals surface area contributed by atoms with E-state index in [0.29, 0.717) is 6.54 Å². The number of thiol groups is 1. The Morgan fingerprint density at radius 3 is 2.25 bits per heavy atom. The number of hydrogen-bond donors (Lipinski definition) is 3. The van der Waals surface area contributed by atoms with E-state index >= 15 is 0 Å². The van der Waals surface area contributed by atoms with Crippen LogP contribution in [0.25, 0.3) is 0 Å². The first kappa shape index (κ1) is 14.5. The van der Waals surface area contributed by atoms with Gasteiger partial charge in [-0.15, -0.1) is 12.4 Å². The number of halogens is 1. The van der Waals surface area contributed by atoms with Gasteiger partial charge in [-0.25, -0.2) is 0 Å². The third kappa shape index (κ3) is 9.97. The fraction of sp³-hybridized carbons (Fsp3) is 0.286. The van der Waals surface area contributed by atoms with Gasteiger partial charge in [-0.3, -0.25) is 0 Å². The Morgan fingerprint density at radius 1 is 1.50 bits per heavy atom. The van der Waals surface area contributed by atoms with Crippen molar-refractivity contribution in [3.05, 3.63) is 29.0 Å². The Bertz CT molecular complexity index is 207. The molecule has 0 aliphatic rings. The molecule has 2 nitrogen and oxygen atoms in total. The van der Waals surface area contributed by atoms with Crippen LogP contribution in [0.1, 0.15) is 0 Å². The summed E-state index contributed by atoms with van der Waals surface area (Å²) in [5, 5.41) is 0. The first-order chi connectivity index (χ1) is 5.31. The van der Waals surface area contributed by atoms with Crippen LogP contribution in [0.4, 0.5) is 0 Å². The monoisotopic (exact) mass is 224 g/mol. The number of hydrogen-bond acceptors (Lipinski definition) is 3. The zero-order valence-electron chi connectivity index (χ0n) is 6.56. The highest BCUT2D eigenvalue weighted by Gasteiger charge is 1.65. The van der Waals surface area contributed by atoms with Crippen LogP contribution in [0.3, 0.4) is 0 Å². The lowest BCUT2D eigenvalue weighted by Crippen LogP contribution is -1.97. The Balaban J connectivity index is 0. The molecule has 0 bridgehead atoms. The van der Waals surface area contributed by atoms with Crippen molar-refractivity contribution in [3.63, 3.8) is 0 Å². The van der Waals surface area contributed by atoms with Gasteiger partial charge in [-0.2, -0.15) is 12.6 Å². The zero-order chi connectivity index (χ0) is 8.53. The van der Waals surface area contributed by atoms with Crippen LogP contribution in [0.15, 0.2) is 24.4 Å². The summed E-state index contributed by atoms with van der Waals surface area (Å²) in [5.74, 6) is 0.792. The molecule has 0 amide bonds. The molecule has 0 aromatic carbocycles. The van der Waals surface area contributed by atoms with Crippen molar-refractivity contribution in [2.24, 2.45) is 5.73 Å². The predicted octanol–water partition coefficient (Wildman–Crippen LogP) is 2.04. The second kappa shape index (κ2) is 11.0. The van der Waals surface area contributed by atoms with Crippen molar-refractivity contribution in [3.8, 4) is 0 Å². The average molecular weight is 225 g/mol. The molecule has 0 radical (unpaired) electrons. The van der Waals surface area contributed by atoms with Gasteiger partial charge in [0.15, 0.2) is 0 Å². The van der Waals surface area contributed by atoms with Gasteiger partial charge < -0.3 is 10.7 Å². The highest BCUT2D eigenvalue weighted by molar-refractivity contribution is 7.80. The minimum absolute atomic E-state index is 0. The maximum atomic E-state index is 4.95. The summed E-state index contributed by atoms with van der Waals surface area (Å²) in [5.41, 5.74) is 4.95. The summed E-state index contributed by atoms with van der Waals surface area (Å²) in [6.07, 6.45) is 1.81. The summed E-state index contributed by atoms with van der Waals surface area (Å²) >= 11 is 8.55. The highest BCUT2D eigenvalue weighted by Crippen LogP contribution is 1.80. The van der Waals surface area contributed by atoms with Crippen LogP contribution < -0.4 is 5.73 Å². The van der Waals surface area contributed by atoms with Crippen molar-refractivity contribution >= 4 is 37.3 Å². The largest absolute Gasteiger partial charge is 0.353 e. The van der Waals surface area contributed by atoms with E-state index < -0.39 is 0 Å². The summed E-state index contributed by atoms with van der Waals surface area (Å²) in [4.78, 5) is 2.85. The quantitative estimate of drug-likeness (QED) is 0.505. The van der Waals surface area contributed by atoms with E-state index in [1.165, 1.54) is 0 Å². The lowest BCUT2D eigenvalue weighted by atomic mass is 10.5. The molecular weight excluding hydrogens is 212 g/mol. The molecular formula is C7H13ClN2S2. The van der Waals surface area contributed by atoms with Crippen molar-refractivity contribution in [1.82, 2.24) is 4.98 Å². The molecule has 0 spiro atoms. The number of H-pyrrole nitrogens is 1. The van der Waals surface area contributed by atoms with Crippen LogP contribution in [0.5, 0.6) is 0 Å². The molecule has 1 aromatic heterocycles. The third-order valence-corrected chi connectivity index (χ3v) is 1.32. The fourth-order valence-corrected chi connectivity index (χ4v) is 0.523.